The number of benzene rings is 1. The van der Waals surface area contributed by atoms with Crippen LogP contribution in [0.25, 0.3) is 0 Å². The van der Waals surface area contributed by atoms with Crippen molar-refractivity contribution in [3.05, 3.63) is 52.3 Å². The Hall–Kier alpha value is -2.87. The number of nitrogens with zero attached hydrogens (tertiary/aromatic N) is 2. The highest BCUT2D eigenvalue weighted by molar-refractivity contribution is 6.30. The van der Waals surface area contributed by atoms with Gasteiger partial charge in [-0.1, -0.05) is 25.4 Å². The lowest BCUT2D eigenvalue weighted by Crippen LogP contribution is -2.53. The second kappa shape index (κ2) is 10.1. The van der Waals surface area contributed by atoms with Crippen molar-refractivity contribution in [1.82, 2.24) is 25.9 Å². The number of carbonyl (C=O) groups is 3. The van der Waals surface area contributed by atoms with E-state index in [-0.39, 0.29) is 12.5 Å². The molecule has 156 valence electrons. The fourth-order valence-electron chi connectivity index (χ4n) is 2.77. The van der Waals surface area contributed by atoms with Crippen molar-refractivity contribution in [2.75, 3.05) is 0 Å². The molecule has 0 spiro atoms. The van der Waals surface area contributed by atoms with Gasteiger partial charge in [0, 0.05) is 16.3 Å². The molecule has 0 bridgehead atoms. The van der Waals surface area contributed by atoms with Crippen molar-refractivity contribution < 1.29 is 14.4 Å². The Morgan fingerprint density at radius 1 is 1.10 bits per heavy atom. The van der Waals surface area contributed by atoms with Crippen LogP contribution in [0.1, 0.15) is 42.0 Å². The lowest BCUT2D eigenvalue weighted by molar-refractivity contribution is -0.130. The van der Waals surface area contributed by atoms with E-state index in [1.165, 1.54) is 0 Å². The molecule has 8 nitrogen and oxygen atoms in total. The standard InChI is InChI=1S/C20H26ClN5O3/c1-12(2)9-17(22-19(28)15-5-7-16(21)8-6-15)20(29)24-23-18(27)11-26-14(4)10-13(3)25-26/h5-8,10,12,17H,9,11H2,1-4H3,(H,22,28)(H,23,27)(H,24,29)/t17-/m0/s1. The lowest BCUT2D eigenvalue weighted by Gasteiger charge is -2.20. The van der Waals surface area contributed by atoms with Crippen LogP contribution < -0.4 is 16.2 Å². The van der Waals surface area contributed by atoms with Crippen LogP contribution in [-0.4, -0.2) is 33.5 Å². The summed E-state index contributed by atoms with van der Waals surface area (Å²) in [6.07, 6.45) is 0.415. The predicted octanol–water partition coefficient (Wildman–Crippen LogP) is 2.15. The molecule has 2 rings (SSSR count). The van der Waals surface area contributed by atoms with E-state index in [1.54, 1.807) is 28.9 Å². The van der Waals surface area contributed by atoms with Crippen LogP contribution in [0.4, 0.5) is 0 Å². The van der Waals surface area contributed by atoms with Crippen LogP contribution in [0.5, 0.6) is 0 Å². The monoisotopic (exact) mass is 419 g/mol. The summed E-state index contributed by atoms with van der Waals surface area (Å²) in [6.45, 7) is 7.54. The average Bonchev–Trinajstić information content (AvgIpc) is 2.96. The summed E-state index contributed by atoms with van der Waals surface area (Å²) in [5, 5.41) is 7.43. The smallest absolute Gasteiger partial charge is 0.260 e. The van der Waals surface area contributed by atoms with Crippen LogP contribution in [0, 0.1) is 19.8 Å². The molecule has 0 aliphatic rings. The maximum absolute atomic E-state index is 12.5. The minimum absolute atomic E-state index is 0.0219. The Labute approximate surface area is 175 Å². The topological polar surface area (TPSA) is 105 Å². The van der Waals surface area contributed by atoms with Gasteiger partial charge in [-0.25, -0.2) is 0 Å². The summed E-state index contributed by atoms with van der Waals surface area (Å²) in [7, 11) is 0. The first-order valence-corrected chi connectivity index (χ1v) is 9.69. The van der Waals surface area contributed by atoms with Gasteiger partial charge in [-0.15, -0.1) is 0 Å². The molecular weight excluding hydrogens is 394 g/mol. The van der Waals surface area contributed by atoms with Gasteiger partial charge in [0.05, 0.1) is 5.69 Å². The van der Waals surface area contributed by atoms with Gasteiger partial charge in [0.1, 0.15) is 12.6 Å². The Morgan fingerprint density at radius 3 is 2.31 bits per heavy atom. The van der Waals surface area contributed by atoms with Gasteiger partial charge in [0.15, 0.2) is 0 Å². The third kappa shape index (κ3) is 6.90. The van der Waals surface area contributed by atoms with Gasteiger partial charge in [0.25, 0.3) is 17.7 Å². The average molecular weight is 420 g/mol. The second-order valence-corrected chi connectivity index (χ2v) is 7.72. The summed E-state index contributed by atoms with van der Waals surface area (Å²) >= 11 is 5.84. The van der Waals surface area contributed by atoms with E-state index in [1.807, 2.05) is 33.8 Å². The first-order chi connectivity index (χ1) is 13.7. The molecule has 9 heteroatoms. The number of hydrazine groups is 1. The summed E-state index contributed by atoms with van der Waals surface area (Å²) in [5.74, 6) is -1.15. The Balaban J connectivity index is 1.95. The summed E-state index contributed by atoms with van der Waals surface area (Å²) in [5.41, 5.74) is 6.80. The van der Waals surface area contributed by atoms with Crippen LogP contribution in [0.2, 0.25) is 5.02 Å². The number of hydrogen-bond donors (Lipinski definition) is 3. The highest BCUT2D eigenvalue weighted by Crippen LogP contribution is 2.11. The third-order valence-electron chi connectivity index (χ3n) is 4.16. The molecule has 3 amide bonds. The fourth-order valence-corrected chi connectivity index (χ4v) is 2.90. The van der Waals surface area contributed by atoms with Crippen LogP contribution in [-0.2, 0) is 16.1 Å². The van der Waals surface area contributed by atoms with Crippen molar-refractivity contribution >= 4 is 29.3 Å². The van der Waals surface area contributed by atoms with Crippen molar-refractivity contribution in [3.8, 4) is 0 Å². The molecule has 3 N–H and O–H groups in total. The summed E-state index contributed by atoms with van der Waals surface area (Å²) in [4.78, 5) is 37.1. The van der Waals surface area contributed by atoms with E-state index in [4.69, 9.17) is 11.6 Å². The zero-order valence-corrected chi connectivity index (χ0v) is 17.7. The largest absolute Gasteiger partial charge is 0.340 e. The maximum Gasteiger partial charge on any atom is 0.260 e. The van der Waals surface area contributed by atoms with Crippen LogP contribution >= 0.6 is 11.6 Å². The molecule has 1 atom stereocenters. The Kier molecular flexibility index (Phi) is 7.78. The molecule has 0 fully saturated rings. The number of amides is 3. The molecule has 0 saturated heterocycles. The minimum atomic E-state index is -0.799. The van der Waals surface area contributed by atoms with Gasteiger partial charge < -0.3 is 5.32 Å². The number of nitrogens with one attached hydrogen (secondary N) is 3. The highest BCUT2D eigenvalue weighted by atomic mass is 35.5. The fraction of sp³-hybridized carbons (Fsp3) is 0.400. The van der Waals surface area contributed by atoms with Gasteiger partial charge in [-0.05, 0) is 56.5 Å². The van der Waals surface area contributed by atoms with Gasteiger partial charge in [-0.3, -0.25) is 29.9 Å². The molecule has 0 unspecified atom stereocenters. The Morgan fingerprint density at radius 2 is 1.76 bits per heavy atom. The molecular formula is C20H26ClN5O3. The number of rotatable bonds is 7. The van der Waals surface area contributed by atoms with Crippen molar-refractivity contribution in [1.29, 1.82) is 0 Å². The number of carbonyl (C=O) groups excluding carboxylic acids is 3. The molecule has 2 aromatic rings. The van der Waals surface area contributed by atoms with Crippen molar-refractivity contribution in [2.45, 2.75) is 46.7 Å². The zero-order chi connectivity index (χ0) is 21.6. The van der Waals surface area contributed by atoms with Crippen LogP contribution in [0.3, 0.4) is 0 Å². The SMILES string of the molecule is Cc1cc(C)n(CC(=O)NNC(=O)[C@H](CC(C)C)NC(=O)c2ccc(Cl)cc2)n1. The van der Waals surface area contributed by atoms with E-state index in [0.29, 0.717) is 17.0 Å². The summed E-state index contributed by atoms with van der Waals surface area (Å²) in [6, 6.07) is 7.43. The number of aromatic nitrogens is 2. The third-order valence-corrected chi connectivity index (χ3v) is 4.41. The van der Waals surface area contributed by atoms with Gasteiger partial charge in [-0.2, -0.15) is 5.10 Å². The van der Waals surface area contributed by atoms with Gasteiger partial charge >= 0.3 is 0 Å². The first-order valence-electron chi connectivity index (χ1n) is 9.32. The molecule has 1 aromatic heterocycles. The highest BCUT2D eigenvalue weighted by Gasteiger charge is 2.23. The van der Waals surface area contributed by atoms with E-state index >= 15 is 0 Å². The van der Waals surface area contributed by atoms with Crippen molar-refractivity contribution in [2.24, 2.45) is 5.92 Å². The lowest BCUT2D eigenvalue weighted by atomic mass is 10.0. The van der Waals surface area contributed by atoms with E-state index in [9.17, 15) is 14.4 Å². The maximum atomic E-state index is 12.5. The molecule has 0 saturated carbocycles. The second-order valence-electron chi connectivity index (χ2n) is 7.28. The molecule has 1 heterocycles. The molecule has 0 aliphatic heterocycles. The van der Waals surface area contributed by atoms with E-state index in [0.717, 1.165) is 11.4 Å². The summed E-state index contributed by atoms with van der Waals surface area (Å²) < 4.78 is 1.55. The first kappa shape index (κ1) is 22.4. The Bertz CT molecular complexity index is 877. The normalized spacial score (nSPS) is 11.8. The quantitative estimate of drug-likeness (QED) is 0.598. The van der Waals surface area contributed by atoms with E-state index < -0.39 is 23.8 Å². The van der Waals surface area contributed by atoms with Crippen LogP contribution in [0.15, 0.2) is 30.3 Å². The minimum Gasteiger partial charge on any atom is -0.340 e. The molecule has 1 aromatic carbocycles. The van der Waals surface area contributed by atoms with Crippen molar-refractivity contribution in [3.63, 3.8) is 0 Å². The predicted molar refractivity (Wildman–Crippen MR) is 110 cm³/mol. The number of halogens is 1. The number of aryl methyl sites for hydroxylation is 2. The van der Waals surface area contributed by atoms with E-state index in [2.05, 4.69) is 21.3 Å². The molecule has 0 radical (unpaired) electrons. The molecule has 29 heavy (non-hydrogen) atoms. The number of hydrogen-bond acceptors (Lipinski definition) is 4. The zero-order valence-electron chi connectivity index (χ0n) is 17.0. The van der Waals surface area contributed by atoms with Gasteiger partial charge in [0.2, 0.25) is 0 Å². The molecule has 0 aliphatic carbocycles.